The van der Waals surface area contributed by atoms with E-state index in [1.54, 1.807) is 20.8 Å². The van der Waals surface area contributed by atoms with Gasteiger partial charge in [-0.15, -0.1) is 0 Å². The first-order chi connectivity index (χ1) is 8.77. The fourth-order valence-electron chi connectivity index (χ4n) is 1.52. The third kappa shape index (κ3) is 5.39. The van der Waals surface area contributed by atoms with E-state index in [2.05, 4.69) is 6.07 Å². The van der Waals surface area contributed by atoms with E-state index in [1.807, 2.05) is 18.7 Å². The maximum Gasteiger partial charge on any atom is 0.319 e. The van der Waals surface area contributed by atoms with Gasteiger partial charge in [-0.2, -0.15) is 5.26 Å². The highest BCUT2D eigenvalue weighted by Crippen LogP contribution is 2.20. The molecule has 5 nitrogen and oxygen atoms in total. The molecule has 0 rings (SSSR count). The Labute approximate surface area is 115 Å². The molecule has 0 amide bonds. The molecule has 0 aliphatic rings. The molecular formula is C14H24N2O3. The van der Waals surface area contributed by atoms with Crippen molar-refractivity contribution in [1.29, 1.82) is 5.26 Å². The number of hydrogen-bond donors (Lipinski definition) is 0. The third-order valence-corrected chi connectivity index (χ3v) is 3.07. The van der Waals surface area contributed by atoms with Crippen molar-refractivity contribution < 1.29 is 14.3 Å². The lowest BCUT2D eigenvalue weighted by Gasteiger charge is -2.28. The van der Waals surface area contributed by atoms with Crippen molar-refractivity contribution >= 4 is 11.8 Å². The molecule has 0 fully saturated rings. The topological polar surface area (TPSA) is 70.4 Å². The number of carbonyl (C=O) groups is 2. The summed E-state index contributed by atoms with van der Waals surface area (Å²) < 4.78 is 4.92. The number of ether oxygens (including phenoxy) is 1. The number of nitriles is 1. The van der Waals surface area contributed by atoms with E-state index < -0.39 is 11.4 Å². The maximum atomic E-state index is 12.2. The van der Waals surface area contributed by atoms with Crippen LogP contribution in [0.15, 0.2) is 0 Å². The molecule has 108 valence electrons. The zero-order valence-corrected chi connectivity index (χ0v) is 12.5. The van der Waals surface area contributed by atoms with E-state index in [9.17, 15) is 9.59 Å². The standard InChI is InChI=1S/C14H24N2O3/c1-6-19-13(18)14(4,5)12(17)10-16(11(2)3)9-7-8-15/h11H,6-7,9-10H2,1-5H3. The monoisotopic (exact) mass is 268 g/mol. The maximum absolute atomic E-state index is 12.2. The molecule has 0 aromatic heterocycles. The first-order valence-corrected chi connectivity index (χ1v) is 6.58. The highest BCUT2D eigenvalue weighted by Gasteiger charge is 2.38. The van der Waals surface area contributed by atoms with Gasteiger partial charge in [0.15, 0.2) is 5.78 Å². The number of carbonyl (C=O) groups excluding carboxylic acids is 2. The van der Waals surface area contributed by atoms with Crippen LogP contribution >= 0.6 is 0 Å². The van der Waals surface area contributed by atoms with E-state index >= 15 is 0 Å². The lowest BCUT2D eigenvalue weighted by Crippen LogP contribution is -2.44. The van der Waals surface area contributed by atoms with Gasteiger partial charge in [-0.25, -0.2) is 0 Å². The number of esters is 1. The Morgan fingerprint density at radius 2 is 1.95 bits per heavy atom. The smallest absolute Gasteiger partial charge is 0.319 e. The first-order valence-electron chi connectivity index (χ1n) is 6.58. The van der Waals surface area contributed by atoms with Crippen LogP contribution in [0, 0.1) is 16.7 Å². The molecule has 0 radical (unpaired) electrons. The van der Waals surface area contributed by atoms with Crippen LogP contribution < -0.4 is 0 Å². The second kappa shape index (κ2) is 7.90. The van der Waals surface area contributed by atoms with Crippen molar-refractivity contribution in [3.63, 3.8) is 0 Å². The molecular weight excluding hydrogens is 244 g/mol. The Morgan fingerprint density at radius 3 is 2.37 bits per heavy atom. The first kappa shape index (κ1) is 17.6. The summed E-state index contributed by atoms with van der Waals surface area (Å²) in [5, 5.41) is 8.61. The number of Topliss-reactive ketones (excluding diaryl/α,β-unsaturated/α-hetero) is 1. The van der Waals surface area contributed by atoms with Gasteiger partial charge in [0.1, 0.15) is 5.41 Å². The van der Waals surface area contributed by atoms with E-state index in [0.717, 1.165) is 0 Å². The van der Waals surface area contributed by atoms with Crippen molar-refractivity contribution in [2.24, 2.45) is 5.41 Å². The Balaban J connectivity index is 4.71. The van der Waals surface area contributed by atoms with Gasteiger partial charge >= 0.3 is 5.97 Å². The minimum Gasteiger partial charge on any atom is -0.465 e. The number of rotatable bonds is 8. The van der Waals surface area contributed by atoms with Crippen LogP contribution in [0.2, 0.25) is 0 Å². The summed E-state index contributed by atoms with van der Waals surface area (Å²) in [7, 11) is 0. The highest BCUT2D eigenvalue weighted by atomic mass is 16.5. The van der Waals surface area contributed by atoms with E-state index in [-0.39, 0.29) is 25.0 Å². The Morgan fingerprint density at radius 1 is 1.37 bits per heavy atom. The van der Waals surface area contributed by atoms with Crippen molar-refractivity contribution in [1.82, 2.24) is 4.90 Å². The predicted octanol–water partition coefficient (Wildman–Crippen LogP) is 1.77. The van der Waals surface area contributed by atoms with Gasteiger partial charge in [0.2, 0.25) is 0 Å². The summed E-state index contributed by atoms with van der Waals surface area (Å²) in [6.07, 6.45) is 0.366. The molecule has 0 spiro atoms. The molecule has 0 aromatic rings. The van der Waals surface area contributed by atoms with Crippen LogP contribution in [-0.2, 0) is 14.3 Å². The van der Waals surface area contributed by atoms with Gasteiger partial charge in [0.05, 0.1) is 19.2 Å². The van der Waals surface area contributed by atoms with Gasteiger partial charge < -0.3 is 4.74 Å². The van der Waals surface area contributed by atoms with Crippen LogP contribution in [-0.4, -0.2) is 42.4 Å². The molecule has 0 aliphatic heterocycles. The molecule has 0 aromatic carbocycles. The van der Waals surface area contributed by atoms with Gasteiger partial charge in [-0.3, -0.25) is 14.5 Å². The summed E-state index contributed by atoms with van der Waals surface area (Å²) in [5.74, 6) is -0.679. The number of nitrogens with zero attached hydrogens (tertiary/aromatic N) is 2. The van der Waals surface area contributed by atoms with Gasteiger partial charge in [0.25, 0.3) is 0 Å². The highest BCUT2D eigenvalue weighted by molar-refractivity contribution is 6.03. The molecule has 0 atom stereocenters. The molecule has 0 bridgehead atoms. The molecule has 0 aliphatic carbocycles. The summed E-state index contributed by atoms with van der Waals surface area (Å²) in [5.41, 5.74) is -1.14. The van der Waals surface area contributed by atoms with Gasteiger partial charge in [-0.1, -0.05) is 0 Å². The second-order valence-electron chi connectivity index (χ2n) is 5.24. The zero-order valence-electron chi connectivity index (χ0n) is 12.5. The molecule has 0 unspecified atom stereocenters. The van der Waals surface area contributed by atoms with Crippen LogP contribution in [0.3, 0.4) is 0 Å². The summed E-state index contributed by atoms with van der Waals surface area (Å²) in [6, 6.07) is 2.21. The summed E-state index contributed by atoms with van der Waals surface area (Å²) in [4.78, 5) is 25.9. The molecule has 5 heteroatoms. The predicted molar refractivity (Wildman–Crippen MR) is 72.4 cm³/mol. The van der Waals surface area contributed by atoms with Crippen molar-refractivity contribution in [2.75, 3.05) is 19.7 Å². The summed E-state index contributed by atoms with van der Waals surface area (Å²) in [6.45, 7) is 9.74. The minimum atomic E-state index is -1.14. The Bertz CT molecular complexity index is 356. The van der Waals surface area contributed by atoms with Crippen molar-refractivity contribution in [3.8, 4) is 6.07 Å². The fourth-order valence-corrected chi connectivity index (χ4v) is 1.52. The van der Waals surface area contributed by atoms with Crippen LogP contribution in [0.25, 0.3) is 0 Å². The van der Waals surface area contributed by atoms with Crippen LogP contribution in [0.4, 0.5) is 0 Å². The Kier molecular flexibility index (Phi) is 7.32. The molecule has 0 saturated heterocycles. The third-order valence-electron chi connectivity index (χ3n) is 3.07. The lowest BCUT2D eigenvalue weighted by molar-refractivity contribution is -0.158. The largest absolute Gasteiger partial charge is 0.465 e. The normalized spacial score (nSPS) is 11.5. The molecule has 19 heavy (non-hydrogen) atoms. The second-order valence-corrected chi connectivity index (χ2v) is 5.24. The molecule has 0 N–H and O–H groups in total. The van der Waals surface area contributed by atoms with Gasteiger partial charge in [0, 0.05) is 19.0 Å². The SMILES string of the molecule is CCOC(=O)C(C)(C)C(=O)CN(CCC#N)C(C)C. The van der Waals surface area contributed by atoms with Crippen LogP contribution in [0.1, 0.15) is 41.0 Å². The van der Waals surface area contributed by atoms with E-state index in [0.29, 0.717) is 13.0 Å². The number of hydrogen-bond acceptors (Lipinski definition) is 5. The van der Waals surface area contributed by atoms with Crippen molar-refractivity contribution in [2.45, 2.75) is 47.1 Å². The Hall–Kier alpha value is -1.41. The molecule has 0 saturated carbocycles. The summed E-state index contributed by atoms with van der Waals surface area (Å²) >= 11 is 0. The van der Waals surface area contributed by atoms with Crippen molar-refractivity contribution in [3.05, 3.63) is 0 Å². The van der Waals surface area contributed by atoms with Crippen LogP contribution in [0.5, 0.6) is 0 Å². The zero-order chi connectivity index (χ0) is 15.1. The van der Waals surface area contributed by atoms with E-state index in [4.69, 9.17) is 10.00 Å². The average molecular weight is 268 g/mol. The quantitative estimate of drug-likeness (QED) is 0.495. The lowest BCUT2D eigenvalue weighted by atomic mass is 9.87. The molecule has 0 heterocycles. The number of ketones is 1. The average Bonchev–Trinajstić information content (AvgIpc) is 2.33. The van der Waals surface area contributed by atoms with E-state index in [1.165, 1.54) is 0 Å². The van der Waals surface area contributed by atoms with Gasteiger partial charge in [-0.05, 0) is 34.6 Å². The minimum absolute atomic E-state index is 0.148. The fraction of sp³-hybridized carbons (Fsp3) is 0.786.